The number of rotatable bonds is 0. The molecule has 0 bridgehead atoms. The summed E-state index contributed by atoms with van der Waals surface area (Å²) in [5, 5.41) is 0. The zero-order chi connectivity index (χ0) is 12.0. The second-order valence-corrected chi connectivity index (χ2v) is 7.46. The molecule has 1 saturated carbocycles. The van der Waals surface area contributed by atoms with E-state index >= 15 is 0 Å². The van der Waals surface area contributed by atoms with Gasteiger partial charge in [-0.15, -0.1) is 0 Å². The predicted molar refractivity (Wildman–Crippen MR) is 67.6 cm³/mol. The maximum atomic E-state index is 6.15. The molecule has 1 aliphatic carbocycles. The first-order chi connectivity index (χ1) is 7.23. The molecule has 94 valence electrons. The fraction of sp³-hybridized carbons (Fsp3) is 1.00. The van der Waals surface area contributed by atoms with Crippen molar-refractivity contribution >= 4 is 0 Å². The van der Waals surface area contributed by atoms with Crippen LogP contribution in [0.5, 0.6) is 0 Å². The quantitative estimate of drug-likeness (QED) is 0.628. The first-order valence-electron chi connectivity index (χ1n) is 6.62. The molecular weight excluding hydrogens is 198 g/mol. The van der Waals surface area contributed by atoms with Crippen LogP contribution in [0.4, 0.5) is 0 Å². The molecule has 0 aromatic rings. The van der Waals surface area contributed by atoms with Gasteiger partial charge in [-0.1, -0.05) is 13.8 Å². The van der Waals surface area contributed by atoms with Gasteiger partial charge in [-0.3, -0.25) is 4.90 Å². The van der Waals surface area contributed by atoms with Gasteiger partial charge in [0, 0.05) is 18.6 Å². The molecule has 1 unspecified atom stereocenters. The maximum absolute atomic E-state index is 6.15. The SMILES string of the molecule is CC1(C)CCC2(CN(C(C)(C)C)CCO2)C1. The van der Waals surface area contributed by atoms with Crippen LogP contribution in [0.3, 0.4) is 0 Å². The van der Waals surface area contributed by atoms with Crippen molar-refractivity contribution in [1.29, 1.82) is 0 Å². The second-order valence-electron chi connectivity index (χ2n) is 7.46. The molecule has 0 aromatic carbocycles. The summed E-state index contributed by atoms with van der Waals surface area (Å²) in [6.45, 7) is 14.8. The average molecular weight is 225 g/mol. The summed E-state index contributed by atoms with van der Waals surface area (Å²) in [6.07, 6.45) is 3.78. The summed E-state index contributed by atoms with van der Waals surface area (Å²) in [6, 6.07) is 0. The highest BCUT2D eigenvalue weighted by Gasteiger charge is 2.47. The van der Waals surface area contributed by atoms with Crippen LogP contribution in [0.1, 0.15) is 53.9 Å². The summed E-state index contributed by atoms with van der Waals surface area (Å²) >= 11 is 0. The van der Waals surface area contributed by atoms with Crippen LogP contribution in [0.2, 0.25) is 0 Å². The molecule has 1 atom stereocenters. The second kappa shape index (κ2) is 3.71. The predicted octanol–water partition coefficient (Wildman–Crippen LogP) is 3.07. The Balaban J connectivity index is 2.08. The molecule has 2 nitrogen and oxygen atoms in total. The van der Waals surface area contributed by atoms with Gasteiger partial charge in [-0.25, -0.2) is 0 Å². The smallest absolute Gasteiger partial charge is 0.0814 e. The van der Waals surface area contributed by atoms with Crippen molar-refractivity contribution in [2.45, 2.75) is 65.0 Å². The number of hydrogen-bond acceptors (Lipinski definition) is 2. The molecule has 2 rings (SSSR count). The van der Waals surface area contributed by atoms with E-state index in [4.69, 9.17) is 4.74 Å². The fourth-order valence-electron chi connectivity index (χ4n) is 3.29. The van der Waals surface area contributed by atoms with Gasteiger partial charge in [0.1, 0.15) is 0 Å². The van der Waals surface area contributed by atoms with E-state index in [0.717, 1.165) is 19.7 Å². The van der Waals surface area contributed by atoms with Crippen molar-refractivity contribution in [2.24, 2.45) is 5.41 Å². The third-order valence-electron chi connectivity index (χ3n) is 4.26. The van der Waals surface area contributed by atoms with Crippen molar-refractivity contribution in [3.63, 3.8) is 0 Å². The van der Waals surface area contributed by atoms with Gasteiger partial charge in [0.25, 0.3) is 0 Å². The van der Waals surface area contributed by atoms with Crippen LogP contribution in [0.15, 0.2) is 0 Å². The van der Waals surface area contributed by atoms with Gasteiger partial charge in [0.15, 0.2) is 0 Å². The standard InChI is InChI=1S/C14H27NO/c1-12(2,3)15-8-9-16-14(11-15)7-6-13(4,5)10-14/h6-11H2,1-5H3. The lowest BCUT2D eigenvalue weighted by Crippen LogP contribution is -2.56. The Kier molecular flexibility index (Phi) is 2.87. The minimum atomic E-state index is 0.162. The largest absolute Gasteiger partial charge is 0.372 e. The Labute approximate surface area is 100 Å². The molecule has 2 aliphatic rings. The Hall–Kier alpha value is -0.0800. The molecule has 0 amide bonds. The average Bonchev–Trinajstić information content (AvgIpc) is 2.40. The summed E-state index contributed by atoms with van der Waals surface area (Å²) in [5.74, 6) is 0. The van der Waals surface area contributed by atoms with E-state index in [9.17, 15) is 0 Å². The minimum absolute atomic E-state index is 0.162. The maximum Gasteiger partial charge on any atom is 0.0814 e. The topological polar surface area (TPSA) is 12.5 Å². The van der Waals surface area contributed by atoms with Gasteiger partial charge >= 0.3 is 0 Å². The molecule has 0 radical (unpaired) electrons. The number of ether oxygens (including phenoxy) is 1. The highest BCUT2D eigenvalue weighted by Crippen LogP contribution is 2.47. The van der Waals surface area contributed by atoms with Crippen molar-refractivity contribution in [1.82, 2.24) is 4.90 Å². The van der Waals surface area contributed by atoms with Crippen molar-refractivity contribution in [2.75, 3.05) is 19.7 Å². The van der Waals surface area contributed by atoms with Crippen molar-refractivity contribution in [3.05, 3.63) is 0 Å². The van der Waals surface area contributed by atoms with E-state index < -0.39 is 0 Å². The minimum Gasteiger partial charge on any atom is -0.372 e. The molecule has 2 heteroatoms. The third kappa shape index (κ3) is 2.43. The highest BCUT2D eigenvalue weighted by atomic mass is 16.5. The molecule has 16 heavy (non-hydrogen) atoms. The van der Waals surface area contributed by atoms with Crippen molar-refractivity contribution < 1.29 is 4.74 Å². The van der Waals surface area contributed by atoms with E-state index in [2.05, 4.69) is 39.5 Å². The van der Waals surface area contributed by atoms with Crippen LogP contribution in [-0.2, 0) is 4.74 Å². The van der Waals surface area contributed by atoms with Crippen LogP contribution in [0.25, 0.3) is 0 Å². The van der Waals surface area contributed by atoms with Crippen LogP contribution >= 0.6 is 0 Å². The summed E-state index contributed by atoms with van der Waals surface area (Å²) in [4.78, 5) is 2.60. The molecule has 0 aromatic heterocycles. The molecule has 1 heterocycles. The Morgan fingerprint density at radius 3 is 2.31 bits per heavy atom. The monoisotopic (exact) mass is 225 g/mol. The van der Waals surface area contributed by atoms with Crippen LogP contribution in [0, 0.1) is 5.41 Å². The normalized spacial score (nSPS) is 35.8. The first-order valence-corrected chi connectivity index (χ1v) is 6.62. The lowest BCUT2D eigenvalue weighted by Gasteiger charge is -2.47. The molecule has 1 aliphatic heterocycles. The van der Waals surface area contributed by atoms with Gasteiger partial charge in [0.05, 0.1) is 12.2 Å². The van der Waals surface area contributed by atoms with E-state index in [1.807, 2.05) is 0 Å². The number of hydrogen-bond donors (Lipinski definition) is 0. The first kappa shape index (κ1) is 12.4. The lowest BCUT2D eigenvalue weighted by molar-refractivity contribution is -0.128. The van der Waals surface area contributed by atoms with E-state index in [-0.39, 0.29) is 11.1 Å². The van der Waals surface area contributed by atoms with Gasteiger partial charge in [0.2, 0.25) is 0 Å². The Morgan fingerprint density at radius 2 is 1.81 bits per heavy atom. The summed E-state index contributed by atoms with van der Waals surface area (Å²) in [5.41, 5.74) is 0.916. The molecule has 1 saturated heterocycles. The summed E-state index contributed by atoms with van der Waals surface area (Å²) < 4.78 is 6.15. The molecule has 2 fully saturated rings. The third-order valence-corrected chi connectivity index (χ3v) is 4.26. The number of morpholine rings is 1. The fourth-order valence-corrected chi connectivity index (χ4v) is 3.29. The molecular formula is C14H27NO. The molecule has 1 spiro atoms. The Morgan fingerprint density at radius 1 is 1.12 bits per heavy atom. The zero-order valence-electron chi connectivity index (χ0n) is 11.6. The number of nitrogens with zero attached hydrogens (tertiary/aromatic N) is 1. The highest BCUT2D eigenvalue weighted by molar-refractivity contribution is 5.00. The van der Waals surface area contributed by atoms with E-state index in [1.165, 1.54) is 19.3 Å². The van der Waals surface area contributed by atoms with Gasteiger partial charge in [-0.2, -0.15) is 0 Å². The van der Waals surface area contributed by atoms with Crippen LogP contribution in [-0.4, -0.2) is 35.7 Å². The lowest BCUT2D eigenvalue weighted by atomic mass is 9.88. The van der Waals surface area contributed by atoms with Gasteiger partial charge in [-0.05, 0) is 45.4 Å². The molecule has 0 N–H and O–H groups in total. The van der Waals surface area contributed by atoms with E-state index in [1.54, 1.807) is 0 Å². The van der Waals surface area contributed by atoms with Gasteiger partial charge < -0.3 is 4.74 Å². The van der Waals surface area contributed by atoms with Crippen LogP contribution < -0.4 is 0 Å². The zero-order valence-corrected chi connectivity index (χ0v) is 11.6. The summed E-state index contributed by atoms with van der Waals surface area (Å²) in [7, 11) is 0. The Bertz CT molecular complexity index is 266. The van der Waals surface area contributed by atoms with Crippen molar-refractivity contribution in [3.8, 4) is 0 Å². The van der Waals surface area contributed by atoms with E-state index in [0.29, 0.717) is 5.41 Å².